The monoisotopic (exact) mass is 338 g/mol. The lowest BCUT2D eigenvalue weighted by atomic mass is 10.2. The number of pyridine rings is 2. The minimum Gasteiger partial charge on any atom is -0.478 e. The van der Waals surface area contributed by atoms with Gasteiger partial charge in [0.05, 0.1) is 16.8 Å². The molecule has 0 atom stereocenters. The molecule has 0 radical (unpaired) electrons. The van der Waals surface area contributed by atoms with Crippen LogP contribution < -0.4 is 5.56 Å². The largest absolute Gasteiger partial charge is 0.478 e. The maximum absolute atomic E-state index is 12.0. The number of aromatic nitrogens is 4. The van der Waals surface area contributed by atoms with Gasteiger partial charge in [0.25, 0.3) is 5.56 Å². The average Bonchev–Trinajstić information content (AvgIpc) is 3.21. The van der Waals surface area contributed by atoms with E-state index in [1.165, 1.54) is 23.6 Å². The highest BCUT2D eigenvalue weighted by atomic mass is 32.1. The van der Waals surface area contributed by atoms with E-state index in [1.54, 1.807) is 6.20 Å². The van der Waals surface area contributed by atoms with Crippen molar-refractivity contribution in [3.63, 3.8) is 0 Å². The number of H-pyrrole nitrogens is 2. The average molecular weight is 338 g/mol. The number of hydrogen-bond donors (Lipinski definition) is 3. The number of rotatable bonds is 3. The Kier molecular flexibility index (Phi) is 3.24. The predicted octanol–water partition coefficient (Wildman–Crippen LogP) is 2.74. The molecule has 4 rings (SSSR count). The van der Waals surface area contributed by atoms with E-state index in [1.807, 2.05) is 23.7 Å². The van der Waals surface area contributed by atoms with Gasteiger partial charge in [0.2, 0.25) is 0 Å². The van der Waals surface area contributed by atoms with Crippen LogP contribution in [0.15, 0.2) is 47.0 Å². The molecule has 118 valence electrons. The number of carbonyl (C=O) groups is 1. The Hall–Kier alpha value is -3.26. The zero-order valence-corrected chi connectivity index (χ0v) is 12.9. The molecule has 4 aromatic heterocycles. The van der Waals surface area contributed by atoms with Crippen molar-refractivity contribution >= 4 is 28.3 Å². The van der Waals surface area contributed by atoms with E-state index in [9.17, 15) is 9.59 Å². The second kappa shape index (κ2) is 5.43. The molecule has 0 saturated carbocycles. The molecule has 0 aliphatic heterocycles. The maximum Gasteiger partial charge on any atom is 0.337 e. The second-order valence-corrected chi connectivity index (χ2v) is 5.93. The Labute approximate surface area is 138 Å². The number of carboxylic acids is 1. The molecule has 0 aliphatic carbocycles. The van der Waals surface area contributed by atoms with Gasteiger partial charge >= 0.3 is 5.97 Å². The zero-order chi connectivity index (χ0) is 16.7. The van der Waals surface area contributed by atoms with Crippen LogP contribution in [0.25, 0.3) is 32.9 Å². The quantitative estimate of drug-likeness (QED) is 0.532. The highest BCUT2D eigenvalue weighted by molar-refractivity contribution is 7.13. The topological polar surface area (TPSA) is 112 Å². The summed E-state index contributed by atoms with van der Waals surface area (Å²) >= 11 is 1.29. The summed E-state index contributed by atoms with van der Waals surface area (Å²) in [5, 5.41) is 12.3. The van der Waals surface area contributed by atoms with Crippen LogP contribution in [0.1, 0.15) is 10.4 Å². The molecule has 0 aromatic carbocycles. The van der Waals surface area contributed by atoms with Crippen LogP contribution in [0, 0.1) is 0 Å². The maximum atomic E-state index is 12.0. The number of nitrogens with one attached hydrogen (secondary N) is 2. The number of hydrogen-bond acceptors (Lipinski definition) is 5. The fourth-order valence-corrected chi connectivity index (χ4v) is 3.29. The van der Waals surface area contributed by atoms with Crippen molar-refractivity contribution in [3.05, 3.63) is 58.1 Å². The Morgan fingerprint density at radius 2 is 2.08 bits per heavy atom. The van der Waals surface area contributed by atoms with Gasteiger partial charge in [0.15, 0.2) is 0 Å². The highest BCUT2D eigenvalue weighted by Crippen LogP contribution is 2.31. The SMILES string of the molecule is O=C(O)c1c[nH]c(=O)c(-c2nc(-c3c[nH]c4ncccc34)cs2)c1. The Morgan fingerprint density at radius 3 is 2.92 bits per heavy atom. The first kappa shape index (κ1) is 14.3. The third-order valence-electron chi connectivity index (χ3n) is 3.61. The molecule has 0 spiro atoms. The van der Waals surface area contributed by atoms with E-state index in [0.717, 1.165) is 16.6 Å². The van der Waals surface area contributed by atoms with Crippen LogP contribution in [0.5, 0.6) is 0 Å². The van der Waals surface area contributed by atoms with Crippen molar-refractivity contribution < 1.29 is 9.90 Å². The predicted molar refractivity (Wildman–Crippen MR) is 90.2 cm³/mol. The lowest BCUT2D eigenvalue weighted by Gasteiger charge is -1.98. The summed E-state index contributed by atoms with van der Waals surface area (Å²) in [7, 11) is 0. The molecule has 0 bridgehead atoms. The normalized spacial score (nSPS) is 11.0. The van der Waals surface area contributed by atoms with Crippen LogP contribution in [0.4, 0.5) is 0 Å². The molecule has 0 saturated heterocycles. The lowest BCUT2D eigenvalue weighted by Crippen LogP contribution is -2.11. The van der Waals surface area contributed by atoms with Crippen molar-refractivity contribution in [1.29, 1.82) is 0 Å². The molecule has 0 fully saturated rings. The van der Waals surface area contributed by atoms with E-state index < -0.39 is 5.97 Å². The third kappa shape index (κ3) is 2.29. The van der Waals surface area contributed by atoms with Crippen LogP contribution >= 0.6 is 11.3 Å². The molecular formula is C16H10N4O3S. The van der Waals surface area contributed by atoms with E-state index >= 15 is 0 Å². The number of carboxylic acid groups (broad SMARTS) is 1. The van der Waals surface area contributed by atoms with Gasteiger partial charge in [-0.3, -0.25) is 4.79 Å². The van der Waals surface area contributed by atoms with Crippen molar-refractivity contribution in [2.75, 3.05) is 0 Å². The van der Waals surface area contributed by atoms with Crippen molar-refractivity contribution in [1.82, 2.24) is 19.9 Å². The number of aromatic amines is 2. The lowest BCUT2D eigenvalue weighted by molar-refractivity contribution is 0.0696. The summed E-state index contributed by atoms with van der Waals surface area (Å²) in [6, 6.07) is 5.11. The van der Waals surface area contributed by atoms with Gasteiger partial charge in [0.1, 0.15) is 10.7 Å². The summed E-state index contributed by atoms with van der Waals surface area (Å²) in [6.07, 6.45) is 4.69. The molecule has 4 heterocycles. The van der Waals surface area contributed by atoms with Crippen molar-refractivity contribution in [2.45, 2.75) is 0 Å². The highest BCUT2D eigenvalue weighted by Gasteiger charge is 2.15. The van der Waals surface area contributed by atoms with Gasteiger partial charge in [-0.2, -0.15) is 0 Å². The Balaban J connectivity index is 1.82. The summed E-state index contributed by atoms with van der Waals surface area (Å²) < 4.78 is 0. The van der Waals surface area contributed by atoms with Gasteiger partial charge in [-0.1, -0.05) is 0 Å². The molecule has 0 unspecified atom stereocenters. The summed E-state index contributed by atoms with van der Waals surface area (Å²) in [5.41, 5.74) is 2.22. The van der Waals surface area contributed by atoms with Crippen molar-refractivity contribution in [2.24, 2.45) is 0 Å². The number of aromatic carboxylic acids is 1. The first-order valence-electron chi connectivity index (χ1n) is 6.98. The third-order valence-corrected chi connectivity index (χ3v) is 4.49. The fraction of sp³-hybridized carbons (Fsp3) is 0. The van der Waals surface area contributed by atoms with Crippen LogP contribution in [-0.2, 0) is 0 Å². The van der Waals surface area contributed by atoms with Gasteiger partial charge < -0.3 is 15.1 Å². The molecule has 0 amide bonds. The van der Waals surface area contributed by atoms with Crippen LogP contribution in [-0.4, -0.2) is 31.0 Å². The summed E-state index contributed by atoms with van der Waals surface area (Å²) in [6.45, 7) is 0. The number of fused-ring (bicyclic) bond motifs is 1. The first-order valence-corrected chi connectivity index (χ1v) is 7.86. The minimum absolute atomic E-state index is 0.0117. The zero-order valence-electron chi connectivity index (χ0n) is 12.1. The summed E-state index contributed by atoms with van der Waals surface area (Å²) in [5.74, 6) is -1.10. The number of thiazole rings is 1. The molecule has 0 aliphatic rings. The Bertz CT molecular complexity index is 1130. The Morgan fingerprint density at radius 1 is 1.21 bits per heavy atom. The molecule has 7 nitrogen and oxygen atoms in total. The standard InChI is InChI=1S/C16H10N4O3S/c21-14-10(4-8(5-19-14)16(22)23)15-20-12(7-24-15)11-6-18-13-9(11)2-1-3-17-13/h1-7H,(H,17,18)(H,19,21)(H,22,23). The van der Waals surface area contributed by atoms with Crippen LogP contribution in [0.2, 0.25) is 0 Å². The van der Waals surface area contributed by atoms with Gasteiger partial charge in [-0.15, -0.1) is 11.3 Å². The van der Waals surface area contributed by atoms with E-state index in [4.69, 9.17) is 5.11 Å². The van der Waals surface area contributed by atoms with Crippen LogP contribution in [0.3, 0.4) is 0 Å². The number of nitrogens with zero attached hydrogens (tertiary/aromatic N) is 2. The van der Waals surface area contributed by atoms with Crippen molar-refractivity contribution in [3.8, 4) is 21.8 Å². The fourth-order valence-electron chi connectivity index (χ4n) is 2.46. The minimum atomic E-state index is -1.10. The van der Waals surface area contributed by atoms with E-state index in [-0.39, 0.29) is 16.7 Å². The molecule has 8 heteroatoms. The van der Waals surface area contributed by atoms with Gasteiger partial charge in [0, 0.05) is 34.9 Å². The van der Waals surface area contributed by atoms with Gasteiger partial charge in [-0.25, -0.2) is 14.8 Å². The second-order valence-electron chi connectivity index (χ2n) is 5.08. The molecule has 3 N–H and O–H groups in total. The first-order chi connectivity index (χ1) is 11.6. The molecule has 4 aromatic rings. The van der Waals surface area contributed by atoms with Gasteiger partial charge in [-0.05, 0) is 18.2 Å². The van der Waals surface area contributed by atoms with E-state index in [0.29, 0.717) is 10.7 Å². The van der Waals surface area contributed by atoms with E-state index in [2.05, 4.69) is 19.9 Å². The molecular weight excluding hydrogens is 328 g/mol. The smallest absolute Gasteiger partial charge is 0.337 e. The summed E-state index contributed by atoms with van der Waals surface area (Å²) in [4.78, 5) is 37.3. The molecule has 24 heavy (non-hydrogen) atoms.